The molecular weight excluding hydrogens is 384 g/mol. The molecule has 3 rings (SSSR count). The van der Waals surface area contributed by atoms with Gasteiger partial charge >= 0.3 is 11.9 Å². The minimum absolute atomic E-state index is 0.776. The van der Waals surface area contributed by atoms with Crippen LogP contribution in [0.4, 0.5) is 0 Å². The lowest BCUT2D eigenvalue weighted by atomic mass is 10.1. The summed E-state index contributed by atoms with van der Waals surface area (Å²) >= 11 is 5.88. The van der Waals surface area contributed by atoms with Crippen molar-refractivity contribution in [2.45, 2.75) is 13.0 Å². The molecule has 4 N–H and O–H groups in total. The topological polar surface area (TPSA) is 112 Å². The summed E-state index contributed by atoms with van der Waals surface area (Å²) in [4.78, 5) is 21.5. The highest BCUT2D eigenvalue weighted by atomic mass is 35.5. The second-order valence-corrected chi connectivity index (χ2v) is 6.33. The number of fused-ring (bicyclic) bond motifs is 1. The predicted molar refractivity (Wildman–Crippen MR) is 107 cm³/mol. The largest absolute Gasteiger partial charge is 0.497 e. The normalized spacial score (nSPS) is 10.2. The summed E-state index contributed by atoms with van der Waals surface area (Å²) in [6.45, 7) is 1.79. The van der Waals surface area contributed by atoms with E-state index in [1.807, 2.05) is 36.4 Å². The first kappa shape index (κ1) is 21.3. The molecule has 0 saturated heterocycles. The highest BCUT2D eigenvalue weighted by Crippen LogP contribution is 2.23. The monoisotopic (exact) mass is 404 g/mol. The van der Waals surface area contributed by atoms with Gasteiger partial charge in [0.15, 0.2) is 0 Å². The molecule has 0 fully saturated rings. The number of carboxylic acids is 2. The SMILES string of the molecule is COc1ccc2c(CCNCc3ccc(Cl)cc3)c[nH]c2c1.O=C(O)C(=O)O. The average molecular weight is 405 g/mol. The molecule has 0 atom stereocenters. The fourth-order valence-corrected chi connectivity index (χ4v) is 2.68. The lowest BCUT2D eigenvalue weighted by Crippen LogP contribution is -2.16. The van der Waals surface area contributed by atoms with E-state index in [9.17, 15) is 0 Å². The molecule has 0 spiro atoms. The number of halogens is 1. The lowest BCUT2D eigenvalue weighted by Gasteiger charge is -2.05. The minimum Gasteiger partial charge on any atom is -0.497 e. The smallest absolute Gasteiger partial charge is 0.414 e. The Kier molecular flexibility index (Phi) is 7.86. The zero-order valence-corrected chi connectivity index (χ0v) is 16.0. The van der Waals surface area contributed by atoms with E-state index in [2.05, 4.69) is 22.6 Å². The van der Waals surface area contributed by atoms with Crippen LogP contribution in [0.15, 0.2) is 48.7 Å². The van der Waals surface area contributed by atoms with Gasteiger partial charge in [0.25, 0.3) is 0 Å². The molecule has 0 aliphatic carbocycles. The number of hydrogen-bond acceptors (Lipinski definition) is 4. The van der Waals surface area contributed by atoms with Gasteiger partial charge in [-0.3, -0.25) is 0 Å². The van der Waals surface area contributed by atoms with Crippen LogP contribution in [0, 0.1) is 0 Å². The van der Waals surface area contributed by atoms with Gasteiger partial charge < -0.3 is 25.3 Å². The van der Waals surface area contributed by atoms with E-state index in [0.29, 0.717) is 0 Å². The number of aromatic nitrogens is 1. The molecule has 1 heterocycles. The van der Waals surface area contributed by atoms with Crippen LogP contribution in [-0.4, -0.2) is 40.8 Å². The van der Waals surface area contributed by atoms with Gasteiger partial charge in [-0.2, -0.15) is 0 Å². The van der Waals surface area contributed by atoms with Gasteiger partial charge in [0.2, 0.25) is 0 Å². The molecule has 0 saturated carbocycles. The molecule has 0 radical (unpaired) electrons. The Hall–Kier alpha value is -3.03. The van der Waals surface area contributed by atoms with Gasteiger partial charge in [-0.15, -0.1) is 0 Å². The molecule has 8 heteroatoms. The highest BCUT2D eigenvalue weighted by Gasteiger charge is 2.05. The molecule has 3 aromatic rings. The maximum Gasteiger partial charge on any atom is 0.414 e. The molecule has 1 aromatic heterocycles. The Morgan fingerprint density at radius 1 is 1.11 bits per heavy atom. The molecule has 0 aliphatic rings. The number of H-pyrrole nitrogens is 1. The van der Waals surface area contributed by atoms with Crippen LogP contribution in [0.2, 0.25) is 5.02 Å². The van der Waals surface area contributed by atoms with Crippen molar-refractivity contribution in [3.05, 3.63) is 64.8 Å². The van der Waals surface area contributed by atoms with Crippen molar-refractivity contribution in [2.75, 3.05) is 13.7 Å². The first-order valence-electron chi connectivity index (χ1n) is 8.46. The zero-order valence-electron chi connectivity index (χ0n) is 15.2. The summed E-state index contributed by atoms with van der Waals surface area (Å²) < 4.78 is 5.25. The number of methoxy groups -OCH3 is 1. The number of aliphatic carboxylic acids is 2. The molecule has 148 valence electrons. The molecule has 0 amide bonds. The Bertz CT molecular complexity index is 925. The number of benzene rings is 2. The summed E-state index contributed by atoms with van der Waals surface area (Å²) in [6, 6.07) is 14.1. The molecule has 2 aromatic carbocycles. The van der Waals surface area contributed by atoms with Gasteiger partial charge in [-0.05, 0) is 48.4 Å². The van der Waals surface area contributed by atoms with Crippen molar-refractivity contribution in [2.24, 2.45) is 0 Å². The summed E-state index contributed by atoms with van der Waals surface area (Å²) in [5.41, 5.74) is 3.68. The number of hydrogen-bond donors (Lipinski definition) is 4. The molecule has 0 unspecified atom stereocenters. The van der Waals surface area contributed by atoms with Gasteiger partial charge in [-0.1, -0.05) is 23.7 Å². The third kappa shape index (κ3) is 6.29. The fraction of sp³-hybridized carbons (Fsp3) is 0.200. The molecule has 28 heavy (non-hydrogen) atoms. The van der Waals surface area contributed by atoms with Crippen LogP contribution in [0.25, 0.3) is 10.9 Å². The number of ether oxygens (including phenoxy) is 1. The van der Waals surface area contributed by atoms with Crippen LogP contribution in [0.3, 0.4) is 0 Å². The molecule has 7 nitrogen and oxygen atoms in total. The van der Waals surface area contributed by atoms with E-state index in [1.54, 1.807) is 7.11 Å². The van der Waals surface area contributed by atoms with Crippen molar-refractivity contribution in [1.82, 2.24) is 10.3 Å². The number of carboxylic acid groups (broad SMARTS) is 2. The Balaban J connectivity index is 0.000000409. The Morgan fingerprint density at radius 2 is 1.79 bits per heavy atom. The first-order valence-corrected chi connectivity index (χ1v) is 8.84. The van der Waals surface area contributed by atoms with Gasteiger partial charge in [0.1, 0.15) is 5.75 Å². The van der Waals surface area contributed by atoms with Crippen molar-refractivity contribution in [3.63, 3.8) is 0 Å². The van der Waals surface area contributed by atoms with Crippen LogP contribution in [0.5, 0.6) is 5.75 Å². The van der Waals surface area contributed by atoms with E-state index < -0.39 is 11.9 Å². The first-order chi connectivity index (χ1) is 13.4. The lowest BCUT2D eigenvalue weighted by molar-refractivity contribution is -0.159. The van der Waals surface area contributed by atoms with Gasteiger partial charge in [0.05, 0.1) is 7.11 Å². The zero-order chi connectivity index (χ0) is 20.5. The van der Waals surface area contributed by atoms with Gasteiger partial charge in [-0.25, -0.2) is 9.59 Å². The maximum atomic E-state index is 9.10. The van der Waals surface area contributed by atoms with Crippen LogP contribution in [0.1, 0.15) is 11.1 Å². The summed E-state index contributed by atoms with van der Waals surface area (Å²) in [5.74, 6) is -2.77. The van der Waals surface area contributed by atoms with E-state index in [4.69, 9.17) is 36.1 Å². The highest BCUT2D eigenvalue weighted by molar-refractivity contribution is 6.30. The van der Waals surface area contributed by atoms with Crippen LogP contribution >= 0.6 is 11.6 Å². The molecular formula is C20H21ClN2O5. The van der Waals surface area contributed by atoms with E-state index in [-0.39, 0.29) is 0 Å². The van der Waals surface area contributed by atoms with E-state index in [1.165, 1.54) is 16.5 Å². The van der Waals surface area contributed by atoms with Crippen LogP contribution in [-0.2, 0) is 22.6 Å². The van der Waals surface area contributed by atoms with Crippen molar-refractivity contribution >= 4 is 34.4 Å². The van der Waals surface area contributed by atoms with Gasteiger partial charge in [0, 0.05) is 34.7 Å². The third-order valence-corrected chi connectivity index (χ3v) is 4.22. The van der Waals surface area contributed by atoms with Crippen molar-refractivity contribution < 1.29 is 24.5 Å². The van der Waals surface area contributed by atoms with Crippen LogP contribution < -0.4 is 10.1 Å². The second-order valence-electron chi connectivity index (χ2n) is 5.89. The van der Waals surface area contributed by atoms with E-state index >= 15 is 0 Å². The molecule has 0 bridgehead atoms. The van der Waals surface area contributed by atoms with Crippen molar-refractivity contribution in [1.29, 1.82) is 0 Å². The maximum absolute atomic E-state index is 9.10. The predicted octanol–water partition coefficient (Wildman–Crippen LogP) is 3.32. The summed E-state index contributed by atoms with van der Waals surface area (Å²) in [7, 11) is 1.69. The number of aromatic amines is 1. The quantitative estimate of drug-likeness (QED) is 0.370. The van der Waals surface area contributed by atoms with Crippen molar-refractivity contribution in [3.8, 4) is 5.75 Å². The third-order valence-electron chi connectivity index (χ3n) is 3.97. The number of nitrogens with one attached hydrogen (secondary N) is 2. The standard InChI is InChI=1S/C18H19ClN2O.C2H2O4/c1-22-16-6-7-17-14(12-21-18(17)10-16)8-9-20-11-13-2-4-15(19)5-3-13;3-1(4)2(5)6/h2-7,10,12,20-21H,8-9,11H2,1H3;(H,3,4)(H,5,6). The Labute approximate surface area is 166 Å². The second kappa shape index (κ2) is 10.3. The number of rotatable bonds is 6. The molecule has 0 aliphatic heterocycles. The summed E-state index contributed by atoms with van der Waals surface area (Å²) in [6.07, 6.45) is 3.06. The minimum atomic E-state index is -1.82. The average Bonchev–Trinajstić information content (AvgIpc) is 3.09. The fourth-order valence-electron chi connectivity index (χ4n) is 2.56. The summed E-state index contributed by atoms with van der Waals surface area (Å²) in [5, 5.41) is 20.3. The van der Waals surface area contributed by atoms with E-state index in [0.717, 1.165) is 35.8 Å². The Morgan fingerprint density at radius 3 is 2.39 bits per heavy atom. The number of carbonyl (C=O) groups is 2.